The van der Waals surface area contributed by atoms with Gasteiger partial charge in [-0.1, -0.05) is 6.92 Å². The fourth-order valence-corrected chi connectivity index (χ4v) is 3.15. The summed E-state index contributed by atoms with van der Waals surface area (Å²) in [5.74, 6) is 0. The largest absolute Gasteiger partial charge is 0.383 e. The number of aryl methyl sites for hydroxylation is 1. The molecule has 5 heteroatoms. The molecule has 1 N–H and O–H groups in total. The molecule has 0 unspecified atom stereocenters. The number of anilines is 1. The first-order valence-electron chi connectivity index (χ1n) is 6.52. The molecular weight excluding hydrogens is 246 g/mol. The summed E-state index contributed by atoms with van der Waals surface area (Å²) in [6.45, 7) is 9.08. The van der Waals surface area contributed by atoms with Gasteiger partial charge in [-0.15, -0.1) is 11.3 Å². The Morgan fingerprint density at radius 1 is 1.44 bits per heavy atom. The van der Waals surface area contributed by atoms with Gasteiger partial charge < -0.3 is 15.0 Å². The van der Waals surface area contributed by atoms with E-state index in [4.69, 9.17) is 9.72 Å². The Balaban J connectivity index is 2.90. The second-order valence-corrected chi connectivity index (χ2v) is 5.59. The van der Waals surface area contributed by atoms with Crippen LogP contribution in [0.25, 0.3) is 0 Å². The quantitative estimate of drug-likeness (QED) is 0.787. The lowest BCUT2D eigenvalue weighted by Crippen LogP contribution is -2.33. The van der Waals surface area contributed by atoms with E-state index < -0.39 is 0 Å². The molecule has 0 bridgehead atoms. The van der Waals surface area contributed by atoms with Gasteiger partial charge in [-0.25, -0.2) is 4.98 Å². The fourth-order valence-electron chi connectivity index (χ4n) is 1.83. The van der Waals surface area contributed by atoms with E-state index in [1.807, 2.05) is 7.05 Å². The second kappa shape index (κ2) is 7.71. The zero-order valence-electron chi connectivity index (χ0n) is 12.1. The third-order valence-corrected chi connectivity index (χ3v) is 3.98. The number of aromatic nitrogens is 1. The number of hydrogen-bond acceptors (Lipinski definition) is 5. The third-order valence-electron chi connectivity index (χ3n) is 2.84. The van der Waals surface area contributed by atoms with Crippen molar-refractivity contribution in [1.82, 2.24) is 10.3 Å². The molecule has 104 valence electrons. The highest BCUT2D eigenvalue weighted by Crippen LogP contribution is 2.28. The van der Waals surface area contributed by atoms with Crippen LogP contribution in [0.3, 0.4) is 0 Å². The first-order valence-corrected chi connectivity index (χ1v) is 7.34. The second-order valence-electron chi connectivity index (χ2n) is 4.53. The van der Waals surface area contributed by atoms with Gasteiger partial charge in [0.1, 0.15) is 0 Å². The smallest absolute Gasteiger partial charge is 0.186 e. The molecule has 1 aromatic heterocycles. The summed E-state index contributed by atoms with van der Waals surface area (Å²) in [4.78, 5) is 8.43. The molecule has 0 radical (unpaired) electrons. The van der Waals surface area contributed by atoms with E-state index in [1.165, 1.54) is 10.6 Å². The highest BCUT2D eigenvalue weighted by Gasteiger charge is 2.17. The molecule has 0 aliphatic rings. The van der Waals surface area contributed by atoms with Crippen LogP contribution in [0.15, 0.2) is 0 Å². The number of methoxy groups -OCH3 is 1. The SMILES string of the molecule is CCc1nc(N(CCOC)C(C)C)sc1CNC. The molecule has 0 amide bonds. The van der Waals surface area contributed by atoms with Crippen molar-refractivity contribution in [2.45, 2.75) is 39.8 Å². The van der Waals surface area contributed by atoms with E-state index in [0.29, 0.717) is 6.04 Å². The molecule has 0 aromatic carbocycles. The summed E-state index contributed by atoms with van der Waals surface area (Å²) in [7, 11) is 3.72. The van der Waals surface area contributed by atoms with Gasteiger partial charge in [0.25, 0.3) is 0 Å². The number of hydrogen-bond donors (Lipinski definition) is 1. The van der Waals surface area contributed by atoms with Gasteiger partial charge in [-0.05, 0) is 27.3 Å². The van der Waals surface area contributed by atoms with Crippen molar-refractivity contribution in [3.63, 3.8) is 0 Å². The minimum absolute atomic E-state index is 0.443. The summed E-state index contributed by atoms with van der Waals surface area (Å²) in [5, 5.41) is 4.33. The first-order chi connectivity index (χ1) is 8.63. The predicted molar refractivity (Wildman–Crippen MR) is 78.6 cm³/mol. The number of ether oxygens (including phenoxy) is 1. The molecule has 18 heavy (non-hydrogen) atoms. The average Bonchev–Trinajstić information content (AvgIpc) is 2.73. The molecule has 1 rings (SSSR count). The number of nitrogens with zero attached hydrogens (tertiary/aromatic N) is 2. The van der Waals surface area contributed by atoms with Crippen molar-refractivity contribution in [1.29, 1.82) is 0 Å². The minimum Gasteiger partial charge on any atom is -0.383 e. The van der Waals surface area contributed by atoms with Crippen molar-refractivity contribution in [2.24, 2.45) is 0 Å². The van der Waals surface area contributed by atoms with E-state index in [0.717, 1.165) is 31.2 Å². The Bertz CT molecular complexity index is 352. The van der Waals surface area contributed by atoms with Gasteiger partial charge in [-0.2, -0.15) is 0 Å². The van der Waals surface area contributed by atoms with Crippen molar-refractivity contribution in [2.75, 3.05) is 32.2 Å². The van der Waals surface area contributed by atoms with E-state index in [1.54, 1.807) is 18.4 Å². The van der Waals surface area contributed by atoms with Gasteiger partial charge in [-0.3, -0.25) is 0 Å². The Morgan fingerprint density at radius 2 is 2.17 bits per heavy atom. The van der Waals surface area contributed by atoms with E-state index in [2.05, 4.69) is 31.0 Å². The zero-order chi connectivity index (χ0) is 13.5. The summed E-state index contributed by atoms with van der Waals surface area (Å²) < 4.78 is 5.18. The highest BCUT2D eigenvalue weighted by molar-refractivity contribution is 7.15. The van der Waals surface area contributed by atoms with E-state index in [-0.39, 0.29) is 0 Å². The number of nitrogens with one attached hydrogen (secondary N) is 1. The van der Waals surface area contributed by atoms with Crippen LogP contribution >= 0.6 is 11.3 Å². The zero-order valence-corrected chi connectivity index (χ0v) is 12.9. The Labute approximate surface area is 114 Å². The van der Waals surface area contributed by atoms with Gasteiger partial charge in [0, 0.05) is 31.1 Å². The lowest BCUT2D eigenvalue weighted by atomic mass is 10.3. The molecule has 0 aliphatic heterocycles. The van der Waals surface area contributed by atoms with Crippen molar-refractivity contribution in [3.05, 3.63) is 10.6 Å². The summed E-state index contributed by atoms with van der Waals surface area (Å²) >= 11 is 1.79. The van der Waals surface area contributed by atoms with E-state index in [9.17, 15) is 0 Å². The molecule has 0 saturated heterocycles. The highest BCUT2D eigenvalue weighted by atomic mass is 32.1. The lowest BCUT2D eigenvalue weighted by Gasteiger charge is -2.25. The first kappa shape index (κ1) is 15.4. The lowest BCUT2D eigenvalue weighted by molar-refractivity contribution is 0.204. The molecule has 0 spiro atoms. The molecular formula is C13H25N3OS. The van der Waals surface area contributed by atoms with Crippen molar-refractivity contribution < 1.29 is 4.74 Å². The van der Waals surface area contributed by atoms with Gasteiger partial charge in [0.2, 0.25) is 0 Å². The Hall–Kier alpha value is -0.650. The monoisotopic (exact) mass is 271 g/mol. The maximum Gasteiger partial charge on any atom is 0.186 e. The predicted octanol–water partition coefficient (Wildman–Crippen LogP) is 2.29. The van der Waals surface area contributed by atoms with Gasteiger partial charge in [0.15, 0.2) is 5.13 Å². The molecule has 0 aliphatic carbocycles. The normalized spacial score (nSPS) is 11.2. The molecule has 0 saturated carbocycles. The maximum absolute atomic E-state index is 5.18. The summed E-state index contributed by atoms with van der Waals surface area (Å²) in [6, 6.07) is 0.443. The van der Waals surface area contributed by atoms with Crippen LogP contribution in [0.2, 0.25) is 0 Å². The Morgan fingerprint density at radius 3 is 2.67 bits per heavy atom. The van der Waals surface area contributed by atoms with Crippen LogP contribution in [0.1, 0.15) is 31.3 Å². The van der Waals surface area contributed by atoms with Crippen LogP contribution < -0.4 is 10.2 Å². The number of thiazole rings is 1. The van der Waals surface area contributed by atoms with E-state index >= 15 is 0 Å². The van der Waals surface area contributed by atoms with Crippen LogP contribution in [0.4, 0.5) is 5.13 Å². The molecule has 4 nitrogen and oxygen atoms in total. The van der Waals surface area contributed by atoms with Crippen molar-refractivity contribution >= 4 is 16.5 Å². The molecule has 0 fully saturated rings. The third kappa shape index (κ3) is 3.93. The summed E-state index contributed by atoms with van der Waals surface area (Å²) in [6.07, 6.45) is 0.990. The topological polar surface area (TPSA) is 37.4 Å². The maximum atomic E-state index is 5.18. The Kier molecular flexibility index (Phi) is 6.60. The van der Waals surface area contributed by atoms with Crippen molar-refractivity contribution in [3.8, 4) is 0 Å². The van der Waals surface area contributed by atoms with Crippen LogP contribution in [-0.2, 0) is 17.7 Å². The minimum atomic E-state index is 0.443. The average molecular weight is 271 g/mol. The van der Waals surface area contributed by atoms with Gasteiger partial charge >= 0.3 is 0 Å². The molecule has 1 heterocycles. The fraction of sp³-hybridized carbons (Fsp3) is 0.769. The summed E-state index contributed by atoms with van der Waals surface area (Å²) in [5.41, 5.74) is 1.22. The standard InChI is InChI=1S/C13H25N3OS/c1-6-11-12(9-14-4)18-13(15-11)16(10(2)3)7-8-17-5/h10,14H,6-9H2,1-5H3. The molecule has 1 aromatic rings. The van der Waals surface area contributed by atoms with Gasteiger partial charge in [0.05, 0.1) is 12.3 Å². The van der Waals surface area contributed by atoms with Crippen LogP contribution in [0, 0.1) is 0 Å². The molecule has 0 atom stereocenters. The van der Waals surface area contributed by atoms with Crippen LogP contribution in [-0.4, -0.2) is 38.3 Å². The number of rotatable bonds is 8. The van der Waals surface area contributed by atoms with Crippen LogP contribution in [0.5, 0.6) is 0 Å².